The van der Waals surface area contributed by atoms with Crippen molar-refractivity contribution in [3.8, 4) is 0 Å². The van der Waals surface area contributed by atoms with E-state index in [2.05, 4.69) is 23.1 Å². The predicted octanol–water partition coefficient (Wildman–Crippen LogP) is 3.48. The first-order valence-corrected chi connectivity index (χ1v) is 9.28. The molecule has 4 nitrogen and oxygen atoms in total. The molecule has 2 aromatic carbocycles. The van der Waals surface area contributed by atoms with Crippen molar-refractivity contribution in [1.29, 1.82) is 0 Å². The van der Waals surface area contributed by atoms with Gasteiger partial charge in [0.2, 0.25) is 11.8 Å². The fraction of sp³-hybridized carbons (Fsp3) is 0.217. The molecule has 3 unspecified atom stereocenters. The van der Waals surface area contributed by atoms with Gasteiger partial charge >= 0.3 is 0 Å². The van der Waals surface area contributed by atoms with Gasteiger partial charge in [0, 0.05) is 7.05 Å². The Bertz CT molecular complexity index is 978. The average molecular weight is 356 g/mol. The van der Waals surface area contributed by atoms with Gasteiger partial charge in [-0.05, 0) is 47.5 Å². The zero-order valence-corrected chi connectivity index (χ0v) is 15.1. The van der Waals surface area contributed by atoms with Gasteiger partial charge in [0.15, 0.2) is 0 Å². The second-order valence-electron chi connectivity index (χ2n) is 7.41. The monoisotopic (exact) mass is 356 g/mol. The number of fused-ring (bicyclic) bond motifs is 3. The van der Waals surface area contributed by atoms with Gasteiger partial charge in [0.1, 0.15) is 0 Å². The molecule has 5 rings (SSSR count). The van der Waals surface area contributed by atoms with E-state index < -0.39 is 0 Å². The summed E-state index contributed by atoms with van der Waals surface area (Å²) in [4.78, 5) is 30.1. The fourth-order valence-corrected chi connectivity index (χ4v) is 4.75. The smallest absolute Gasteiger partial charge is 0.240 e. The lowest BCUT2D eigenvalue weighted by Crippen LogP contribution is -2.42. The zero-order valence-electron chi connectivity index (χ0n) is 15.1. The molecule has 0 spiro atoms. The highest BCUT2D eigenvalue weighted by atomic mass is 16.2. The lowest BCUT2D eigenvalue weighted by atomic mass is 9.72. The molecule has 3 aliphatic rings. The number of carbonyl (C=O) groups is 2. The van der Waals surface area contributed by atoms with Crippen LogP contribution in [-0.2, 0) is 9.59 Å². The molecule has 1 aliphatic carbocycles. The number of likely N-dealkylation sites (N-methyl/N-ethyl adjacent to an activating group) is 1. The molecule has 4 heteroatoms. The first-order valence-electron chi connectivity index (χ1n) is 9.28. The molecule has 1 saturated heterocycles. The second kappa shape index (κ2) is 5.95. The van der Waals surface area contributed by atoms with Crippen LogP contribution in [0.3, 0.4) is 0 Å². The van der Waals surface area contributed by atoms with Crippen LogP contribution in [-0.4, -0.2) is 29.8 Å². The molecule has 0 bridgehead atoms. The average Bonchev–Trinajstić information content (AvgIpc) is 3.20. The minimum atomic E-state index is -0.333. The Labute approximate surface area is 158 Å². The van der Waals surface area contributed by atoms with Crippen LogP contribution < -0.4 is 4.90 Å². The summed E-state index contributed by atoms with van der Waals surface area (Å²) in [6.07, 6.45) is 4.73. The standard InChI is InChI=1S/C23H20N2O2/c1-24-13-12-17-18(15-8-4-2-5-9-15)14-19-20(21(17)24)23(27)25(22(19)26)16-10-6-3-7-11-16/h2-13,19-21H,14H2,1H3. The van der Waals surface area contributed by atoms with E-state index in [1.165, 1.54) is 16.0 Å². The largest absolute Gasteiger partial charge is 0.373 e. The third-order valence-corrected chi connectivity index (χ3v) is 5.97. The van der Waals surface area contributed by atoms with E-state index in [9.17, 15) is 9.59 Å². The lowest BCUT2D eigenvalue weighted by Gasteiger charge is -2.35. The van der Waals surface area contributed by atoms with Crippen LogP contribution in [0.2, 0.25) is 0 Å². The molecule has 1 fully saturated rings. The predicted molar refractivity (Wildman–Crippen MR) is 105 cm³/mol. The molecule has 134 valence electrons. The maximum Gasteiger partial charge on any atom is 0.240 e. The Balaban J connectivity index is 1.61. The van der Waals surface area contributed by atoms with Gasteiger partial charge < -0.3 is 4.90 Å². The maximum absolute atomic E-state index is 13.3. The molecule has 27 heavy (non-hydrogen) atoms. The van der Waals surface area contributed by atoms with Gasteiger partial charge in [-0.1, -0.05) is 48.5 Å². The molecular formula is C23H20N2O2. The normalized spacial score (nSPS) is 26.6. The quantitative estimate of drug-likeness (QED) is 0.774. The lowest BCUT2D eigenvalue weighted by molar-refractivity contribution is -0.122. The van der Waals surface area contributed by atoms with Crippen LogP contribution in [0, 0.1) is 11.8 Å². The van der Waals surface area contributed by atoms with E-state index in [1.807, 2.05) is 61.8 Å². The van der Waals surface area contributed by atoms with Crippen LogP contribution in [0.5, 0.6) is 0 Å². The van der Waals surface area contributed by atoms with E-state index in [4.69, 9.17) is 0 Å². The number of para-hydroxylation sites is 1. The number of carbonyl (C=O) groups excluding carboxylic acids is 2. The van der Waals surface area contributed by atoms with Gasteiger partial charge in [-0.25, -0.2) is 4.90 Å². The van der Waals surface area contributed by atoms with E-state index >= 15 is 0 Å². The zero-order chi connectivity index (χ0) is 18.5. The maximum atomic E-state index is 13.3. The Morgan fingerprint density at radius 1 is 0.889 bits per heavy atom. The van der Waals surface area contributed by atoms with Crippen LogP contribution in [0.1, 0.15) is 12.0 Å². The highest BCUT2D eigenvalue weighted by Gasteiger charge is 2.56. The summed E-state index contributed by atoms with van der Waals surface area (Å²) in [7, 11) is 1.99. The van der Waals surface area contributed by atoms with Crippen molar-refractivity contribution in [1.82, 2.24) is 4.90 Å². The Morgan fingerprint density at radius 2 is 1.56 bits per heavy atom. The first kappa shape index (κ1) is 16.1. The van der Waals surface area contributed by atoms with Crippen molar-refractivity contribution in [2.45, 2.75) is 12.5 Å². The molecular weight excluding hydrogens is 336 g/mol. The third-order valence-electron chi connectivity index (χ3n) is 5.97. The van der Waals surface area contributed by atoms with Crippen molar-refractivity contribution in [2.24, 2.45) is 11.8 Å². The number of amides is 2. The van der Waals surface area contributed by atoms with Crippen molar-refractivity contribution < 1.29 is 9.59 Å². The molecule has 0 N–H and O–H groups in total. The molecule has 0 radical (unpaired) electrons. The number of nitrogens with zero attached hydrogens (tertiary/aromatic N) is 2. The number of benzene rings is 2. The minimum absolute atomic E-state index is 0.0795. The van der Waals surface area contributed by atoms with Gasteiger partial charge in [-0.15, -0.1) is 0 Å². The van der Waals surface area contributed by atoms with Gasteiger partial charge in [0.25, 0.3) is 0 Å². The topological polar surface area (TPSA) is 40.6 Å². The van der Waals surface area contributed by atoms with Crippen LogP contribution in [0.25, 0.3) is 5.57 Å². The molecule has 0 saturated carbocycles. The SMILES string of the molecule is CN1C=CC2=C(c3ccccc3)CC3C(=O)N(c4ccccc4)C(=O)C3C21. The summed E-state index contributed by atoms with van der Waals surface area (Å²) in [6, 6.07) is 19.4. The van der Waals surface area contributed by atoms with Crippen molar-refractivity contribution >= 4 is 23.1 Å². The van der Waals surface area contributed by atoms with Crippen molar-refractivity contribution in [3.05, 3.63) is 84.1 Å². The number of allylic oxidation sites excluding steroid dienone is 1. The number of anilines is 1. The highest BCUT2D eigenvalue weighted by Crippen LogP contribution is 2.48. The van der Waals surface area contributed by atoms with Crippen molar-refractivity contribution in [3.63, 3.8) is 0 Å². The summed E-state index contributed by atoms with van der Waals surface area (Å²) in [5.41, 5.74) is 4.15. The molecule has 3 atom stereocenters. The van der Waals surface area contributed by atoms with E-state index in [0.717, 1.165) is 5.56 Å². The summed E-state index contributed by atoms with van der Waals surface area (Å²) in [5.74, 6) is -0.811. The molecule has 2 aliphatic heterocycles. The minimum Gasteiger partial charge on any atom is -0.373 e. The number of imide groups is 1. The number of hydrogen-bond acceptors (Lipinski definition) is 3. The van der Waals surface area contributed by atoms with E-state index in [-0.39, 0.29) is 29.7 Å². The molecule has 2 amide bonds. The number of rotatable bonds is 2. The summed E-state index contributed by atoms with van der Waals surface area (Å²) < 4.78 is 0. The second-order valence-corrected chi connectivity index (χ2v) is 7.41. The van der Waals surface area contributed by atoms with E-state index in [0.29, 0.717) is 12.1 Å². The summed E-state index contributed by atoms with van der Waals surface area (Å²) in [6.45, 7) is 0. The van der Waals surface area contributed by atoms with Crippen molar-refractivity contribution in [2.75, 3.05) is 11.9 Å². The highest BCUT2D eigenvalue weighted by molar-refractivity contribution is 6.23. The van der Waals surface area contributed by atoms with Gasteiger partial charge in [0.05, 0.1) is 23.6 Å². The Hall–Kier alpha value is -3.14. The van der Waals surface area contributed by atoms with Gasteiger partial charge in [-0.3, -0.25) is 9.59 Å². The van der Waals surface area contributed by atoms with E-state index in [1.54, 1.807) is 0 Å². The molecule has 2 aromatic rings. The third kappa shape index (κ3) is 2.29. The molecule has 2 heterocycles. The number of hydrogen-bond donors (Lipinski definition) is 0. The summed E-state index contributed by atoms with van der Waals surface area (Å²) in [5, 5.41) is 0. The first-order chi connectivity index (χ1) is 13.2. The van der Waals surface area contributed by atoms with Crippen LogP contribution in [0.4, 0.5) is 5.69 Å². The molecule has 0 aromatic heterocycles. The fourth-order valence-electron chi connectivity index (χ4n) is 4.75. The Morgan fingerprint density at radius 3 is 2.26 bits per heavy atom. The van der Waals surface area contributed by atoms with Gasteiger partial charge in [-0.2, -0.15) is 0 Å². The van der Waals surface area contributed by atoms with Crippen LogP contribution in [0.15, 0.2) is 78.5 Å². The Kier molecular flexibility index (Phi) is 3.54. The van der Waals surface area contributed by atoms with Crippen LogP contribution >= 0.6 is 0 Å². The summed E-state index contributed by atoms with van der Waals surface area (Å²) >= 11 is 0.